The first-order chi connectivity index (χ1) is 12.7. The number of aromatic nitrogens is 2. The van der Waals surface area contributed by atoms with Crippen molar-refractivity contribution in [2.24, 2.45) is 10.2 Å². The number of ether oxygens (including phenoxy) is 3. The number of aryl methyl sites for hydroxylation is 1. The molecular weight excluding hydrogens is 336 g/mol. The molecule has 132 valence electrons. The molecule has 4 rings (SSSR count). The average molecular weight is 352 g/mol. The summed E-state index contributed by atoms with van der Waals surface area (Å²) in [6.45, 7) is 4.10. The van der Waals surface area contributed by atoms with Crippen LogP contribution >= 0.6 is 0 Å². The number of hydrogen-bond donors (Lipinski definition) is 0. The molecule has 0 bridgehead atoms. The van der Waals surface area contributed by atoms with Crippen LogP contribution in [-0.2, 0) is 4.74 Å². The minimum absolute atomic E-state index is 0.130. The molecule has 3 heterocycles. The molecule has 0 spiro atoms. The summed E-state index contributed by atoms with van der Waals surface area (Å²) in [6, 6.07) is 9.02. The summed E-state index contributed by atoms with van der Waals surface area (Å²) < 4.78 is 17.4. The molecule has 2 aromatic heterocycles. The zero-order valence-corrected chi connectivity index (χ0v) is 14.3. The molecule has 0 saturated carbocycles. The van der Waals surface area contributed by atoms with Crippen LogP contribution in [0.5, 0.6) is 11.5 Å². The quantitative estimate of drug-likeness (QED) is 0.524. The highest BCUT2D eigenvalue weighted by molar-refractivity contribution is 5.93. The predicted octanol–water partition coefficient (Wildman–Crippen LogP) is 3.96. The van der Waals surface area contributed by atoms with E-state index in [2.05, 4.69) is 15.2 Å². The van der Waals surface area contributed by atoms with E-state index in [-0.39, 0.29) is 19.1 Å². The Morgan fingerprint density at radius 1 is 1.27 bits per heavy atom. The number of azo groups is 1. The van der Waals surface area contributed by atoms with E-state index in [1.165, 1.54) is 0 Å². The van der Waals surface area contributed by atoms with Crippen LogP contribution in [0.15, 0.2) is 46.8 Å². The monoisotopic (exact) mass is 352 g/mol. The van der Waals surface area contributed by atoms with Gasteiger partial charge in [0.25, 0.3) is 0 Å². The number of rotatable bonds is 4. The van der Waals surface area contributed by atoms with Crippen molar-refractivity contribution in [2.75, 3.05) is 13.4 Å². The van der Waals surface area contributed by atoms with Crippen molar-refractivity contribution in [3.05, 3.63) is 47.8 Å². The number of pyridine rings is 1. The molecule has 0 amide bonds. The van der Waals surface area contributed by atoms with Crippen molar-refractivity contribution in [2.45, 2.75) is 13.8 Å². The Morgan fingerprint density at radius 3 is 2.96 bits per heavy atom. The zero-order chi connectivity index (χ0) is 18.1. The first-order valence-corrected chi connectivity index (χ1v) is 8.13. The van der Waals surface area contributed by atoms with Crippen molar-refractivity contribution in [3.63, 3.8) is 0 Å². The Morgan fingerprint density at radius 2 is 2.12 bits per heavy atom. The van der Waals surface area contributed by atoms with Gasteiger partial charge in [-0.25, -0.2) is 9.78 Å². The Labute approximate surface area is 149 Å². The average Bonchev–Trinajstić information content (AvgIpc) is 3.25. The molecule has 8 heteroatoms. The molecule has 0 atom stereocenters. The van der Waals surface area contributed by atoms with Crippen LogP contribution in [0.25, 0.3) is 5.65 Å². The maximum atomic E-state index is 12.3. The number of fused-ring (bicyclic) bond motifs is 2. The summed E-state index contributed by atoms with van der Waals surface area (Å²) in [5.41, 5.74) is 2.26. The molecule has 1 aromatic carbocycles. The van der Waals surface area contributed by atoms with Gasteiger partial charge in [-0.1, -0.05) is 6.07 Å². The molecule has 1 aliphatic rings. The topological polar surface area (TPSA) is 86.8 Å². The first kappa shape index (κ1) is 16.1. The molecule has 26 heavy (non-hydrogen) atoms. The SMILES string of the molecule is CCOC(=O)c1nc2c(C)cccn2c1N=Nc1ccc2c(c1)OCO2. The molecule has 0 aliphatic carbocycles. The van der Waals surface area contributed by atoms with Gasteiger partial charge in [0.05, 0.1) is 12.3 Å². The van der Waals surface area contributed by atoms with E-state index >= 15 is 0 Å². The van der Waals surface area contributed by atoms with Crippen molar-refractivity contribution < 1.29 is 19.0 Å². The summed E-state index contributed by atoms with van der Waals surface area (Å²) in [5, 5.41) is 8.49. The van der Waals surface area contributed by atoms with Gasteiger partial charge in [0.1, 0.15) is 5.65 Å². The highest BCUT2D eigenvalue weighted by Crippen LogP contribution is 2.36. The lowest BCUT2D eigenvalue weighted by Crippen LogP contribution is -2.05. The Kier molecular flexibility index (Phi) is 4.00. The van der Waals surface area contributed by atoms with Gasteiger partial charge >= 0.3 is 5.97 Å². The van der Waals surface area contributed by atoms with Gasteiger partial charge in [0, 0.05) is 12.3 Å². The summed E-state index contributed by atoms with van der Waals surface area (Å²) in [4.78, 5) is 16.7. The summed E-state index contributed by atoms with van der Waals surface area (Å²) in [6.07, 6.45) is 1.78. The third-order valence-electron chi connectivity index (χ3n) is 3.91. The van der Waals surface area contributed by atoms with Crippen LogP contribution in [0.4, 0.5) is 11.5 Å². The first-order valence-electron chi connectivity index (χ1n) is 8.13. The number of imidazole rings is 1. The zero-order valence-electron chi connectivity index (χ0n) is 14.3. The molecule has 0 unspecified atom stereocenters. The second kappa shape index (κ2) is 6.47. The third kappa shape index (κ3) is 2.75. The molecule has 0 saturated heterocycles. The number of benzene rings is 1. The van der Waals surface area contributed by atoms with E-state index in [1.807, 2.05) is 19.1 Å². The summed E-state index contributed by atoms with van der Waals surface area (Å²) >= 11 is 0. The van der Waals surface area contributed by atoms with Crippen molar-refractivity contribution in [1.82, 2.24) is 9.38 Å². The molecule has 1 aliphatic heterocycles. The second-order valence-electron chi connectivity index (χ2n) is 5.63. The van der Waals surface area contributed by atoms with Crippen molar-refractivity contribution in [1.29, 1.82) is 0 Å². The lowest BCUT2D eigenvalue weighted by molar-refractivity contribution is 0.0521. The van der Waals surface area contributed by atoms with E-state index in [4.69, 9.17) is 14.2 Å². The van der Waals surface area contributed by atoms with Crippen LogP contribution in [0.3, 0.4) is 0 Å². The number of esters is 1. The molecular formula is C18H16N4O4. The Bertz CT molecular complexity index is 1030. The number of hydrogen-bond acceptors (Lipinski definition) is 7. The maximum absolute atomic E-state index is 12.3. The molecule has 0 radical (unpaired) electrons. The fourth-order valence-corrected chi connectivity index (χ4v) is 2.68. The fourth-order valence-electron chi connectivity index (χ4n) is 2.68. The van der Waals surface area contributed by atoms with Gasteiger partial charge in [-0.2, -0.15) is 0 Å². The highest BCUT2D eigenvalue weighted by Gasteiger charge is 2.21. The van der Waals surface area contributed by atoms with Crippen molar-refractivity contribution >= 4 is 23.1 Å². The van der Waals surface area contributed by atoms with Gasteiger partial charge in [0.15, 0.2) is 23.0 Å². The Hall–Kier alpha value is -3.42. The van der Waals surface area contributed by atoms with E-state index in [0.29, 0.717) is 28.7 Å². The normalized spacial score (nSPS) is 12.8. The minimum atomic E-state index is -0.532. The van der Waals surface area contributed by atoms with Gasteiger partial charge in [0.2, 0.25) is 6.79 Å². The van der Waals surface area contributed by atoms with Crippen LogP contribution < -0.4 is 9.47 Å². The fraction of sp³-hybridized carbons (Fsp3) is 0.222. The van der Waals surface area contributed by atoms with E-state index in [1.54, 1.807) is 35.7 Å². The third-order valence-corrected chi connectivity index (χ3v) is 3.91. The van der Waals surface area contributed by atoms with Gasteiger partial charge < -0.3 is 14.2 Å². The van der Waals surface area contributed by atoms with Gasteiger partial charge in [-0.15, -0.1) is 10.2 Å². The number of carbonyl (C=O) groups excluding carboxylic acids is 1. The van der Waals surface area contributed by atoms with Crippen LogP contribution in [0.1, 0.15) is 23.0 Å². The Balaban J connectivity index is 1.78. The number of nitrogens with zero attached hydrogens (tertiary/aromatic N) is 4. The summed E-state index contributed by atoms with van der Waals surface area (Å²) in [7, 11) is 0. The lowest BCUT2D eigenvalue weighted by Gasteiger charge is -2.00. The van der Waals surface area contributed by atoms with Crippen LogP contribution in [-0.4, -0.2) is 28.8 Å². The predicted molar refractivity (Wildman–Crippen MR) is 92.6 cm³/mol. The molecule has 3 aromatic rings. The smallest absolute Gasteiger partial charge is 0.360 e. The molecule has 0 fully saturated rings. The number of carbonyl (C=O) groups is 1. The standard InChI is InChI=1S/C18H16N4O4/c1-3-24-18(23)15-17(22-8-4-5-11(2)16(22)19-15)21-20-12-6-7-13-14(9-12)26-10-25-13/h4-9H,3,10H2,1-2H3. The van der Waals surface area contributed by atoms with Gasteiger partial charge in [-0.3, -0.25) is 4.40 Å². The largest absolute Gasteiger partial charge is 0.461 e. The lowest BCUT2D eigenvalue weighted by atomic mass is 10.3. The van der Waals surface area contributed by atoms with E-state index < -0.39 is 5.97 Å². The second-order valence-corrected chi connectivity index (χ2v) is 5.63. The van der Waals surface area contributed by atoms with Crippen molar-refractivity contribution in [3.8, 4) is 11.5 Å². The summed E-state index contributed by atoms with van der Waals surface area (Å²) in [5.74, 6) is 1.07. The maximum Gasteiger partial charge on any atom is 0.360 e. The van der Waals surface area contributed by atoms with E-state index in [0.717, 1.165) is 5.56 Å². The highest BCUT2D eigenvalue weighted by atomic mass is 16.7. The van der Waals surface area contributed by atoms with Crippen LogP contribution in [0, 0.1) is 6.92 Å². The molecule has 0 N–H and O–H groups in total. The van der Waals surface area contributed by atoms with Gasteiger partial charge in [-0.05, 0) is 37.6 Å². The minimum Gasteiger partial charge on any atom is -0.461 e. The van der Waals surface area contributed by atoms with E-state index in [9.17, 15) is 4.79 Å². The molecule has 8 nitrogen and oxygen atoms in total. The van der Waals surface area contributed by atoms with Crippen LogP contribution in [0.2, 0.25) is 0 Å².